The lowest BCUT2D eigenvalue weighted by Crippen LogP contribution is -2.52. The van der Waals surface area contributed by atoms with Gasteiger partial charge in [0.25, 0.3) is 0 Å². The molecule has 1 fully saturated rings. The molecule has 74 valence electrons. The zero-order valence-electron chi connectivity index (χ0n) is 8.49. The molecule has 0 bridgehead atoms. The largest absolute Gasteiger partial charge is 0.341 e. The molecule has 0 radical (unpaired) electrons. The van der Waals surface area contributed by atoms with Crippen molar-refractivity contribution in [2.45, 2.75) is 19.9 Å². The predicted octanol–water partition coefficient (Wildman–Crippen LogP) is 0.725. The predicted molar refractivity (Wildman–Crippen MR) is 53.5 cm³/mol. The maximum atomic E-state index is 11.5. The van der Waals surface area contributed by atoms with Crippen molar-refractivity contribution in [3.05, 3.63) is 12.7 Å². The Hall–Kier alpha value is -0.830. The minimum atomic E-state index is 0.238. The Kier molecular flexibility index (Phi) is 3.48. The molecule has 0 N–H and O–H groups in total. The molecule has 0 aromatic heterocycles. The molecule has 1 atom stereocenters. The molecule has 1 aliphatic rings. The first kappa shape index (κ1) is 10.3. The third-order valence-corrected chi connectivity index (χ3v) is 2.65. The van der Waals surface area contributed by atoms with Crippen LogP contribution in [0.1, 0.15) is 13.8 Å². The van der Waals surface area contributed by atoms with Crippen LogP contribution in [0.3, 0.4) is 0 Å². The molecular formula is C10H18N2O. The molecule has 0 aromatic rings. The molecule has 0 saturated carbocycles. The van der Waals surface area contributed by atoms with Crippen molar-refractivity contribution in [3.63, 3.8) is 0 Å². The van der Waals surface area contributed by atoms with Gasteiger partial charge in [-0.25, -0.2) is 0 Å². The van der Waals surface area contributed by atoms with Crippen LogP contribution in [0, 0.1) is 0 Å². The van der Waals surface area contributed by atoms with Gasteiger partial charge >= 0.3 is 0 Å². The van der Waals surface area contributed by atoms with E-state index < -0.39 is 0 Å². The maximum Gasteiger partial charge on any atom is 0.236 e. The molecule has 0 aromatic carbocycles. The third-order valence-electron chi connectivity index (χ3n) is 2.65. The lowest BCUT2D eigenvalue weighted by atomic mass is 10.2. The monoisotopic (exact) mass is 182 g/mol. The first-order valence-electron chi connectivity index (χ1n) is 4.83. The Morgan fingerprint density at radius 3 is 2.77 bits per heavy atom. The number of hydrogen-bond acceptors (Lipinski definition) is 2. The highest BCUT2D eigenvalue weighted by atomic mass is 16.2. The highest BCUT2D eigenvalue weighted by molar-refractivity contribution is 5.79. The summed E-state index contributed by atoms with van der Waals surface area (Å²) in [6.45, 7) is 11.0. The number of likely N-dealkylation sites (N-methyl/N-ethyl adjacent to an activating group) is 1. The second-order valence-electron chi connectivity index (χ2n) is 3.42. The number of rotatable bonds is 3. The van der Waals surface area contributed by atoms with E-state index in [4.69, 9.17) is 0 Å². The number of hydrogen-bond donors (Lipinski definition) is 0. The van der Waals surface area contributed by atoms with Crippen LogP contribution in [-0.4, -0.2) is 47.9 Å². The van der Waals surface area contributed by atoms with Crippen LogP contribution >= 0.6 is 0 Å². The third kappa shape index (κ3) is 2.31. The zero-order chi connectivity index (χ0) is 9.84. The fraction of sp³-hybridized carbons (Fsp3) is 0.700. The van der Waals surface area contributed by atoms with Gasteiger partial charge in [0.05, 0.1) is 6.54 Å². The van der Waals surface area contributed by atoms with Gasteiger partial charge in [0, 0.05) is 25.7 Å². The van der Waals surface area contributed by atoms with Gasteiger partial charge in [0.15, 0.2) is 0 Å². The number of amides is 1. The van der Waals surface area contributed by atoms with Gasteiger partial charge in [-0.15, -0.1) is 6.58 Å². The van der Waals surface area contributed by atoms with Crippen LogP contribution in [0.15, 0.2) is 12.7 Å². The Balaban J connectivity index is 2.50. The first-order chi connectivity index (χ1) is 6.19. The molecular weight excluding hydrogens is 164 g/mol. The topological polar surface area (TPSA) is 23.6 Å². The molecule has 0 aliphatic carbocycles. The van der Waals surface area contributed by atoms with E-state index in [-0.39, 0.29) is 5.91 Å². The molecule has 1 aliphatic heterocycles. The van der Waals surface area contributed by atoms with Gasteiger partial charge in [-0.1, -0.05) is 6.08 Å². The van der Waals surface area contributed by atoms with Gasteiger partial charge < -0.3 is 4.90 Å². The quantitative estimate of drug-likeness (QED) is 0.601. The standard InChI is InChI=1S/C10H18N2O/c1-4-9(3)12-7-6-11(5-2)10(13)8-12/h4,9H,1,5-8H2,2-3H3. The lowest BCUT2D eigenvalue weighted by molar-refractivity contribution is -0.136. The van der Waals surface area contributed by atoms with Crippen molar-refractivity contribution >= 4 is 5.91 Å². The van der Waals surface area contributed by atoms with Crippen LogP contribution < -0.4 is 0 Å². The number of piperazine rings is 1. The first-order valence-corrected chi connectivity index (χ1v) is 4.83. The van der Waals surface area contributed by atoms with E-state index in [9.17, 15) is 4.79 Å². The van der Waals surface area contributed by atoms with Crippen molar-refractivity contribution in [3.8, 4) is 0 Å². The second-order valence-corrected chi connectivity index (χ2v) is 3.42. The zero-order valence-corrected chi connectivity index (χ0v) is 8.49. The van der Waals surface area contributed by atoms with Crippen LogP contribution in [0.2, 0.25) is 0 Å². The molecule has 13 heavy (non-hydrogen) atoms. The summed E-state index contributed by atoms with van der Waals surface area (Å²) in [6, 6.07) is 0.308. The highest BCUT2D eigenvalue weighted by Gasteiger charge is 2.24. The Morgan fingerprint density at radius 1 is 1.62 bits per heavy atom. The minimum absolute atomic E-state index is 0.238. The van der Waals surface area contributed by atoms with Crippen molar-refractivity contribution < 1.29 is 4.79 Å². The van der Waals surface area contributed by atoms with E-state index in [1.807, 2.05) is 17.9 Å². The molecule has 3 nitrogen and oxygen atoms in total. The van der Waals surface area contributed by atoms with Crippen LogP contribution in [0.5, 0.6) is 0 Å². The lowest BCUT2D eigenvalue weighted by Gasteiger charge is -2.36. The maximum absolute atomic E-state index is 11.5. The van der Waals surface area contributed by atoms with E-state index in [1.165, 1.54) is 0 Å². The Morgan fingerprint density at radius 2 is 2.31 bits per heavy atom. The molecule has 3 heteroatoms. The summed E-state index contributed by atoms with van der Waals surface area (Å²) >= 11 is 0. The van der Waals surface area contributed by atoms with E-state index in [0.717, 1.165) is 19.6 Å². The highest BCUT2D eigenvalue weighted by Crippen LogP contribution is 2.07. The molecule has 1 heterocycles. The molecule has 1 rings (SSSR count). The molecule has 1 amide bonds. The Labute approximate surface area is 80.0 Å². The van der Waals surface area contributed by atoms with Crippen LogP contribution in [-0.2, 0) is 4.79 Å². The summed E-state index contributed by atoms with van der Waals surface area (Å²) in [5, 5.41) is 0. The molecule has 1 saturated heterocycles. The van der Waals surface area contributed by atoms with Gasteiger partial charge in [0.2, 0.25) is 5.91 Å². The molecule has 1 unspecified atom stereocenters. The normalized spacial score (nSPS) is 21.7. The van der Waals surface area contributed by atoms with Crippen LogP contribution in [0.25, 0.3) is 0 Å². The van der Waals surface area contributed by atoms with Crippen molar-refractivity contribution in [1.82, 2.24) is 9.80 Å². The number of carbonyl (C=O) groups is 1. The summed E-state index contributed by atoms with van der Waals surface area (Å²) in [5.41, 5.74) is 0. The summed E-state index contributed by atoms with van der Waals surface area (Å²) in [6.07, 6.45) is 1.88. The average Bonchev–Trinajstić information content (AvgIpc) is 2.16. The van der Waals surface area contributed by atoms with E-state index >= 15 is 0 Å². The van der Waals surface area contributed by atoms with Gasteiger partial charge in [-0.05, 0) is 13.8 Å². The fourth-order valence-electron chi connectivity index (χ4n) is 1.56. The smallest absolute Gasteiger partial charge is 0.236 e. The number of carbonyl (C=O) groups excluding carboxylic acids is 1. The summed E-state index contributed by atoms with van der Waals surface area (Å²) in [7, 11) is 0. The van der Waals surface area contributed by atoms with Crippen molar-refractivity contribution in [2.24, 2.45) is 0 Å². The number of nitrogens with zero attached hydrogens (tertiary/aromatic N) is 2. The van der Waals surface area contributed by atoms with Gasteiger partial charge in [-0.2, -0.15) is 0 Å². The second kappa shape index (κ2) is 4.42. The van der Waals surface area contributed by atoms with Gasteiger partial charge in [0.1, 0.15) is 0 Å². The van der Waals surface area contributed by atoms with Gasteiger partial charge in [-0.3, -0.25) is 9.69 Å². The van der Waals surface area contributed by atoms with Crippen molar-refractivity contribution in [1.29, 1.82) is 0 Å². The average molecular weight is 182 g/mol. The van der Waals surface area contributed by atoms with E-state index in [1.54, 1.807) is 0 Å². The Bertz CT molecular complexity index is 203. The minimum Gasteiger partial charge on any atom is -0.341 e. The summed E-state index contributed by atoms with van der Waals surface area (Å²) in [5.74, 6) is 0.238. The molecule has 0 spiro atoms. The summed E-state index contributed by atoms with van der Waals surface area (Å²) < 4.78 is 0. The fourth-order valence-corrected chi connectivity index (χ4v) is 1.56. The van der Waals surface area contributed by atoms with Crippen molar-refractivity contribution in [2.75, 3.05) is 26.2 Å². The van der Waals surface area contributed by atoms with Crippen LogP contribution in [0.4, 0.5) is 0 Å². The SMILES string of the molecule is C=CC(C)N1CCN(CC)C(=O)C1. The van der Waals surface area contributed by atoms with E-state index in [2.05, 4.69) is 18.4 Å². The summed E-state index contributed by atoms with van der Waals surface area (Å²) in [4.78, 5) is 15.6. The van der Waals surface area contributed by atoms with E-state index in [0.29, 0.717) is 12.6 Å².